The molecule has 0 spiro atoms. The van der Waals surface area contributed by atoms with Gasteiger partial charge in [0.25, 0.3) is 0 Å². The summed E-state index contributed by atoms with van der Waals surface area (Å²) in [5.74, 6) is -0.533. The minimum atomic E-state index is -0.533. The molecule has 0 bridgehead atoms. The third kappa shape index (κ3) is 3.26. The highest BCUT2D eigenvalue weighted by Crippen LogP contribution is 2.33. The standard InChI is InChI=1S/C20H10Cl3FN2/c21-13-5-1-11(2-6-13)19-20(12-3-7-14(22)8-4-12)26-18-10-16(24)15(23)9-17(18)25-19/h1-10H. The molecule has 0 saturated carbocycles. The zero-order chi connectivity index (χ0) is 18.3. The van der Waals surface area contributed by atoms with Crippen molar-refractivity contribution in [1.82, 2.24) is 9.97 Å². The van der Waals surface area contributed by atoms with E-state index in [1.165, 1.54) is 12.1 Å². The summed E-state index contributed by atoms with van der Waals surface area (Å²) < 4.78 is 13.9. The van der Waals surface area contributed by atoms with Crippen LogP contribution in [0.4, 0.5) is 4.39 Å². The predicted octanol–water partition coefficient (Wildman–Crippen LogP) is 7.06. The van der Waals surface area contributed by atoms with Crippen molar-refractivity contribution in [2.75, 3.05) is 0 Å². The van der Waals surface area contributed by atoms with E-state index in [-0.39, 0.29) is 5.02 Å². The first-order valence-electron chi connectivity index (χ1n) is 7.70. The van der Waals surface area contributed by atoms with Gasteiger partial charge in [-0.2, -0.15) is 0 Å². The van der Waals surface area contributed by atoms with Gasteiger partial charge < -0.3 is 0 Å². The Kier molecular flexibility index (Phi) is 4.53. The fraction of sp³-hybridized carbons (Fsp3) is 0. The van der Waals surface area contributed by atoms with E-state index in [0.29, 0.717) is 32.5 Å². The Morgan fingerprint density at radius 3 is 1.50 bits per heavy atom. The fourth-order valence-electron chi connectivity index (χ4n) is 2.67. The van der Waals surface area contributed by atoms with Crippen molar-refractivity contribution in [2.45, 2.75) is 0 Å². The first-order valence-corrected chi connectivity index (χ1v) is 8.83. The summed E-state index contributed by atoms with van der Waals surface area (Å²) in [4.78, 5) is 9.32. The molecule has 0 atom stereocenters. The molecule has 2 nitrogen and oxygen atoms in total. The van der Waals surface area contributed by atoms with Gasteiger partial charge in [0.2, 0.25) is 0 Å². The minimum absolute atomic E-state index is 0.00750. The Labute approximate surface area is 164 Å². The Morgan fingerprint density at radius 1 is 0.615 bits per heavy atom. The van der Waals surface area contributed by atoms with Crippen molar-refractivity contribution in [3.63, 3.8) is 0 Å². The number of hydrogen-bond donors (Lipinski definition) is 0. The maximum atomic E-state index is 13.9. The summed E-state index contributed by atoms with van der Waals surface area (Å²) in [6.45, 7) is 0. The minimum Gasteiger partial charge on any atom is -0.244 e. The molecule has 4 rings (SSSR count). The van der Waals surface area contributed by atoms with Gasteiger partial charge >= 0.3 is 0 Å². The second kappa shape index (κ2) is 6.84. The van der Waals surface area contributed by atoms with Gasteiger partial charge in [-0.25, -0.2) is 14.4 Å². The first kappa shape index (κ1) is 17.2. The van der Waals surface area contributed by atoms with Crippen LogP contribution in [0.25, 0.3) is 33.5 Å². The summed E-state index contributed by atoms with van der Waals surface area (Å²) in [6.07, 6.45) is 0. The van der Waals surface area contributed by atoms with Crippen LogP contribution < -0.4 is 0 Å². The van der Waals surface area contributed by atoms with Crippen molar-refractivity contribution in [1.29, 1.82) is 0 Å². The second-order valence-electron chi connectivity index (χ2n) is 5.69. The zero-order valence-electron chi connectivity index (χ0n) is 13.2. The number of rotatable bonds is 2. The van der Waals surface area contributed by atoms with Crippen LogP contribution in [0.3, 0.4) is 0 Å². The Morgan fingerprint density at radius 2 is 1.04 bits per heavy atom. The highest BCUT2D eigenvalue weighted by molar-refractivity contribution is 6.31. The molecule has 6 heteroatoms. The molecule has 4 aromatic rings. The molecular weight excluding hydrogens is 394 g/mol. The third-order valence-corrected chi connectivity index (χ3v) is 4.74. The van der Waals surface area contributed by atoms with E-state index in [0.717, 1.165) is 11.1 Å². The molecule has 0 N–H and O–H groups in total. The van der Waals surface area contributed by atoms with Crippen LogP contribution in [0, 0.1) is 5.82 Å². The van der Waals surface area contributed by atoms with Gasteiger partial charge in [0.1, 0.15) is 5.82 Å². The third-order valence-electron chi connectivity index (χ3n) is 3.94. The monoisotopic (exact) mass is 402 g/mol. The molecule has 1 heterocycles. The number of hydrogen-bond acceptors (Lipinski definition) is 2. The Hall–Kier alpha value is -2.20. The maximum absolute atomic E-state index is 13.9. The first-order chi connectivity index (χ1) is 12.5. The van der Waals surface area contributed by atoms with Crippen molar-refractivity contribution < 1.29 is 4.39 Å². The van der Waals surface area contributed by atoms with Crippen LogP contribution >= 0.6 is 34.8 Å². The van der Waals surface area contributed by atoms with Crippen molar-refractivity contribution in [3.05, 3.63) is 81.5 Å². The molecule has 26 heavy (non-hydrogen) atoms. The van der Waals surface area contributed by atoms with Crippen molar-refractivity contribution in [3.8, 4) is 22.5 Å². The molecule has 128 valence electrons. The van der Waals surface area contributed by atoms with E-state index in [1.54, 1.807) is 24.3 Å². The molecule has 0 aliphatic heterocycles. The number of nitrogens with zero attached hydrogens (tertiary/aromatic N) is 2. The molecule has 0 aliphatic carbocycles. The van der Waals surface area contributed by atoms with E-state index in [9.17, 15) is 4.39 Å². The van der Waals surface area contributed by atoms with Gasteiger partial charge in [0.05, 0.1) is 27.4 Å². The van der Waals surface area contributed by atoms with E-state index in [4.69, 9.17) is 34.8 Å². The SMILES string of the molecule is Fc1cc2nc(-c3ccc(Cl)cc3)c(-c3ccc(Cl)cc3)nc2cc1Cl. The van der Waals surface area contributed by atoms with Gasteiger partial charge in [-0.15, -0.1) is 0 Å². The summed E-state index contributed by atoms with van der Waals surface area (Å²) in [5.41, 5.74) is 3.88. The molecule has 1 aromatic heterocycles. The van der Waals surface area contributed by atoms with Crippen LogP contribution in [0.1, 0.15) is 0 Å². The quantitative estimate of drug-likeness (QED) is 0.358. The normalized spacial score (nSPS) is 11.1. The maximum Gasteiger partial charge on any atom is 0.144 e. The molecular formula is C20H10Cl3FN2. The lowest BCUT2D eigenvalue weighted by Crippen LogP contribution is -1.96. The molecule has 0 radical (unpaired) electrons. The lowest BCUT2D eigenvalue weighted by atomic mass is 10.0. The van der Waals surface area contributed by atoms with Crippen molar-refractivity contribution >= 4 is 45.8 Å². The highest BCUT2D eigenvalue weighted by Gasteiger charge is 2.15. The van der Waals surface area contributed by atoms with E-state index in [1.807, 2.05) is 24.3 Å². The molecule has 0 saturated heterocycles. The predicted molar refractivity (Wildman–Crippen MR) is 105 cm³/mol. The Bertz CT molecular complexity index is 1020. The summed E-state index contributed by atoms with van der Waals surface area (Å²) in [6, 6.07) is 17.3. The van der Waals surface area contributed by atoms with Crippen LogP contribution in [-0.4, -0.2) is 9.97 Å². The van der Waals surface area contributed by atoms with Crippen LogP contribution in [0.15, 0.2) is 60.7 Å². The molecule has 0 amide bonds. The van der Waals surface area contributed by atoms with Gasteiger partial charge in [-0.1, -0.05) is 59.1 Å². The van der Waals surface area contributed by atoms with Crippen LogP contribution in [0.5, 0.6) is 0 Å². The largest absolute Gasteiger partial charge is 0.244 e. The smallest absolute Gasteiger partial charge is 0.144 e. The molecule has 3 aromatic carbocycles. The average molecular weight is 404 g/mol. The number of halogens is 4. The Balaban J connectivity index is 2.02. The second-order valence-corrected chi connectivity index (χ2v) is 6.97. The van der Waals surface area contributed by atoms with Crippen molar-refractivity contribution in [2.24, 2.45) is 0 Å². The highest BCUT2D eigenvalue weighted by atomic mass is 35.5. The van der Waals surface area contributed by atoms with Gasteiger partial charge in [-0.3, -0.25) is 0 Å². The topological polar surface area (TPSA) is 25.8 Å². The van der Waals surface area contributed by atoms with Crippen LogP contribution in [0.2, 0.25) is 15.1 Å². The molecule has 0 fully saturated rings. The van der Waals surface area contributed by atoms with E-state index in [2.05, 4.69) is 9.97 Å². The number of fused-ring (bicyclic) bond motifs is 1. The average Bonchev–Trinajstić information content (AvgIpc) is 2.63. The fourth-order valence-corrected chi connectivity index (χ4v) is 3.08. The van der Waals surface area contributed by atoms with Gasteiger partial charge in [0.15, 0.2) is 0 Å². The van der Waals surface area contributed by atoms with Crippen LogP contribution in [-0.2, 0) is 0 Å². The van der Waals surface area contributed by atoms with Gasteiger partial charge in [0, 0.05) is 27.2 Å². The lowest BCUT2D eigenvalue weighted by molar-refractivity contribution is 0.629. The molecule has 0 aliphatic rings. The lowest BCUT2D eigenvalue weighted by Gasteiger charge is -2.11. The van der Waals surface area contributed by atoms with E-state index >= 15 is 0 Å². The summed E-state index contributed by atoms with van der Waals surface area (Å²) in [7, 11) is 0. The molecule has 0 unspecified atom stereocenters. The number of benzene rings is 3. The van der Waals surface area contributed by atoms with Gasteiger partial charge in [-0.05, 0) is 30.3 Å². The number of aromatic nitrogens is 2. The summed E-state index contributed by atoms with van der Waals surface area (Å²) in [5, 5.41) is 1.25. The summed E-state index contributed by atoms with van der Waals surface area (Å²) >= 11 is 17.9. The van der Waals surface area contributed by atoms with E-state index < -0.39 is 5.82 Å². The zero-order valence-corrected chi connectivity index (χ0v) is 15.4.